The fourth-order valence-corrected chi connectivity index (χ4v) is 4.59. The molecule has 176 valence electrons. The zero-order valence-electron chi connectivity index (χ0n) is 18.6. The van der Waals surface area contributed by atoms with Crippen molar-refractivity contribution in [2.45, 2.75) is 30.2 Å². The van der Waals surface area contributed by atoms with Crippen LogP contribution in [0.25, 0.3) is 33.3 Å². The smallest absolute Gasteiger partial charge is 0.329 e. The minimum absolute atomic E-state index is 0.0238. The van der Waals surface area contributed by atoms with E-state index in [-0.39, 0.29) is 11.7 Å². The predicted octanol–water partition coefficient (Wildman–Crippen LogP) is 3.41. The van der Waals surface area contributed by atoms with Crippen LogP contribution in [0.2, 0.25) is 0 Å². The molecule has 9 nitrogen and oxygen atoms in total. The number of hydrogen-bond donors (Lipinski definition) is 1. The second kappa shape index (κ2) is 8.65. The van der Waals surface area contributed by atoms with Gasteiger partial charge in [0.2, 0.25) is 5.95 Å². The first-order chi connectivity index (χ1) is 16.3. The number of benzene rings is 1. The lowest BCUT2D eigenvalue weighted by Gasteiger charge is -2.26. The van der Waals surface area contributed by atoms with Gasteiger partial charge in [-0.2, -0.15) is 4.39 Å². The van der Waals surface area contributed by atoms with Crippen molar-refractivity contribution < 1.29 is 13.2 Å². The zero-order valence-corrected chi connectivity index (χ0v) is 19.4. The van der Waals surface area contributed by atoms with Gasteiger partial charge in [0.05, 0.1) is 28.5 Å². The highest BCUT2D eigenvalue weighted by molar-refractivity contribution is 7.79. The molecule has 1 atom stereocenters. The normalized spacial score (nSPS) is 14.7. The average Bonchev–Trinajstić information content (AvgIpc) is 3.43. The standard InChI is InChI=1S/C17H17FN6O.C6H6O2S/c1-22-8-11(15(18)21-22)12-6-10-14-13(7-19-16(10)20-12)23(2)17(25)24(14)9-4-3-5-9;7-9(8)6-4-2-1-3-5-6/h6-9H,3-5H2,1-2H3,(H,19,20);1-5H,(H,7,8)/p-1. The summed E-state index contributed by atoms with van der Waals surface area (Å²) in [5.74, 6) is -0.533. The van der Waals surface area contributed by atoms with E-state index in [1.165, 1.54) is 4.68 Å². The molecule has 1 unspecified atom stereocenters. The average molecular weight is 482 g/mol. The van der Waals surface area contributed by atoms with Crippen molar-refractivity contribution in [2.24, 2.45) is 14.1 Å². The summed E-state index contributed by atoms with van der Waals surface area (Å²) in [6, 6.07) is 10.3. The molecule has 0 amide bonds. The molecular weight excluding hydrogens is 459 g/mol. The maximum Gasteiger partial charge on any atom is 0.329 e. The Morgan fingerprint density at radius 3 is 2.50 bits per heavy atom. The Balaban J connectivity index is 0.000000227. The molecule has 6 rings (SSSR count). The molecular formula is C23H22FN6O3S-. The van der Waals surface area contributed by atoms with E-state index >= 15 is 0 Å². The first-order valence-electron chi connectivity index (χ1n) is 10.8. The van der Waals surface area contributed by atoms with E-state index in [1.54, 1.807) is 61.4 Å². The largest absolute Gasteiger partial charge is 0.768 e. The van der Waals surface area contributed by atoms with Gasteiger partial charge < -0.3 is 9.54 Å². The molecule has 4 heterocycles. The second-order valence-electron chi connectivity index (χ2n) is 8.29. The van der Waals surface area contributed by atoms with Crippen LogP contribution in [-0.2, 0) is 25.2 Å². The number of aryl methyl sites for hydroxylation is 2. The van der Waals surface area contributed by atoms with Gasteiger partial charge in [-0.25, -0.2) is 9.78 Å². The Labute approximate surface area is 196 Å². The first kappa shape index (κ1) is 22.2. The Morgan fingerprint density at radius 2 is 1.94 bits per heavy atom. The van der Waals surface area contributed by atoms with Gasteiger partial charge in [-0.3, -0.25) is 18.0 Å². The zero-order chi connectivity index (χ0) is 24.0. The molecule has 1 aliphatic rings. The molecule has 1 aromatic carbocycles. The summed E-state index contributed by atoms with van der Waals surface area (Å²) in [5.41, 5.74) is 3.28. The van der Waals surface area contributed by atoms with Crippen LogP contribution in [-0.4, -0.2) is 37.6 Å². The van der Waals surface area contributed by atoms with Gasteiger partial charge in [-0.05, 0) is 48.5 Å². The molecule has 1 fully saturated rings. The van der Waals surface area contributed by atoms with E-state index in [0.717, 1.165) is 35.7 Å². The van der Waals surface area contributed by atoms with Crippen molar-refractivity contribution in [2.75, 3.05) is 0 Å². The maximum absolute atomic E-state index is 14.0. The monoisotopic (exact) mass is 481 g/mol. The fraction of sp³-hybridized carbons (Fsp3) is 0.261. The lowest BCUT2D eigenvalue weighted by atomic mass is 9.93. The van der Waals surface area contributed by atoms with Gasteiger partial charge >= 0.3 is 5.69 Å². The van der Waals surface area contributed by atoms with Crippen molar-refractivity contribution in [3.8, 4) is 11.3 Å². The molecule has 1 aliphatic carbocycles. The molecule has 4 aromatic heterocycles. The number of aromatic nitrogens is 6. The second-order valence-corrected chi connectivity index (χ2v) is 9.23. The quantitative estimate of drug-likeness (QED) is 0.397. The third-order valence-electron chi connectivity index (χ3n) is 6.16. The predicted molar refractivity (Wildman–Crippen MR) is 126 cm³/mol. The lowest BCUT2D eigenvalue weighted by Crippen LogP contribution is -2.29. The fourth-order valence-electron chi connectivity index (χ4n) is 4.21. The number of nitrogens with one attached hydrogen (secondary N) is 1. The van der Waals surface area contributed by atoms with Gasteiger partial charge in [0, 0.05) is 36.6 Å². The summed E-state index contributed by atoms with van der Waals surface area (Å²) in [5, 5.41) is 4.59. The Bertz CT molecular complexity index is 1580. The molecule has 34 heavy (non-hydrogen) atoms. The highest BCUT2D eigenvalue weighted by atomic mass is 32.2. The molecule has 1 N–H and O–H groups in total. The Kier molecular flexibility index (Phi) is 5.66. The van der Waals surface area contributed by atoms with Crippen molar-refractivity contribution in [1.29, 1.82) is 0 Å². The molecule has 0 saturated heterocycles. The van der Waals surface area contributed by atoms with Gasteiger partial charge in [0.15, 0.2) is 0 Å². The molecule has 0 radical (unpaired) electrons. The minimum atomic E-state index is -2.08. The number of fused-ring (bicyclic) bond motifs is 3. The van der Waals surface area contributed by atoms with E-state index in [1.807, 2.05) is 10.6 Å². The van der Waals surface area contributed by atoms with Crippen LogP contribution < -0.4 is 5.69 Å². The number of halogens is 1. The van der Waals surface area contributed by atoms with Gasteiger partial charge in [-0.15, -0.1) is 5.10 Å². The van der Waals surface area contributed by atoms with Gasteiger partial charge in [0.1, 0.15) is 5.65 Å². The SMILES string of the molecule is Cn1cc(-c2cc3c(ncc4c3n(C3CCC3)c(=O)n4C)[nH]2)c(F)n1.O=S([O-])c1ccccc1. The van der Waals surface area contributed by atoms with Crippen molar-refractivity contribution in [1.82, 2.24) is 28.9 Å². The number of hydrogen-bond acceptors (Lipinski definition) is 5. The van der Waals surface area contributed by atoms with E-state index in [2.05, 4.69) is 15.1 Å². The van der Waals surface area contributed by atoms with Crippen LogP contribution in [0.15, 0.2) is 58.5 Å². The van der Waals surface area contributed by atoms with E-state index in [4.69, 9.17) is 0 Å². The maximum atomic E-state index is 14.0. The van der Waals surface area contributed by atoms with Crippen molar-refractivity contribution in [3.63, 3.8) is 0 Å². The topological polar surface area (TPSA) is 114 Å². The van der Waals surface area contributed by atoms with Crippen molar-refractivity contribution in [3.05, 3.63) is 65.2 Å². The van der Waals surface area contributed by atoms with Crippen LogP contribution in [0.3, 0.4) is 0 Å². The number of imidazole rings is 1. The number of H-pyrrole nitrogens is 1. The van der Waals surface area contributed by atoms with Gasteiger partial charge in [-0.1, -0.05) is 18.2 Å². The van der Waals surface area contributed by atoms with Crippen LogP contribution in [0.4, 0.5) is 4.39 Å². The molecule has 11 heteroatoms. The third kappa shape index (κ3) is 3.76. The Hall–Kier alpha value is -3.57. The Morgan fingerprint density at radius 1 is 1.21 bits per heavy atom. The summed E-state index contributed by atoms with van der Waals surface area (Å²) in [6.07, 6.45) is 6.49. The summed E-state index contributed by atoms with van der Waals surface area (Å²) in [4.78, 5) is 20.6. The lowest BCUT2D eigenvalue weighted by molar-refractivity contribution is 0.312. The highest BCUT2D eigenvalue weighted by Gasteiger charge is 2.26. The summed E-state index contributed by atoms with van der Waals surface area (Å²) < 4.78 is 39.4. The van der Waals surface area contributed by atoms with Crippen LogP contribution in [0.5, 0.6) is 0 Å². The summed E-state index contributed by atoms with van der Waals surface area (Å²) in [7, 11) is 3.44. The minimum Gasteiger partial charge on any atom is -0.768 e. The van der Waals surface area contributed by atoms with E-state index in [9.17, 15) is 17.9 Å². The number of aromatic amines is 1. The van der Waals surface area contributed by atoms with Crippen LogP contribution >= 0.6 is 0 Å². The summed E-state index contributed by atoms with van der Waals surface area (Å²) >= 11 is -2.08. The first-order valence-corrected chi connectivity index (χ1v) is 11.8. The van der Waals surface area contributed by atoms with Crippen molar-refractivity contribution >= 4 is 33.1 Å². The summed E-state index contributed by atoms with van der Waals surface area (Å²) in [6.45, 7) is 0. The molecule has 0 bridgehead atoms. The number of pyridine rings is 1. The molecule has 1 saturated carbocycles. The van der Waals surface area contributed by atoms with E-state index < -0.39 is 17.0 Å². The third-order valence-corrected chi connectivity index (χ3v) is 6.81. The molecule has 5 aromatic rings. The number of rotatable bonds is 3. The molecule has 0 spiro atoms. The molecule has 0 aliphatic heterocycles. The van der Waals surface area contributed by atoms with Crippen LogP contribution in [0.1, 0.15) is 25.3 Å². The highest BCUT2D eigenvalue weighted by Crippen LogP contribution is 2.36. The van der Waals surface area contributed by atoms with E-state index in [0.29, 0.717) is 21.8 Å². The number of nitrogens with zero attached hydrogens (tertiary/aromatic N) is 5. The van der Waals surface area contributed by atoms with Crippen LogP contribution in [0, 0.1) is 5.95 Å². The van der Waals surface area contributed by atoms with Gasteiger partial charge in [0.25, 0.3) is 0 Å².